The molecule has 172 valence electrons. The Bertz CT molecular complexity index is 1280. The van der Waals surface area contributed by atoms with Gasteiger partial charge in [0.1, 0.15) is 10.7 Å². The van der Waals surface area contributed by atoms with E-state index in [9.17, 15) is 14.4 Å². The molecule has 7 heteroatoms. The molecule has 0 atom stereocenters. The number of imide groups is 1. The quantitative estimate of drug-likeness (QED) is 0.472. The van der Waals surface area contributed by atoms with Crippen molar-refractivity contribution in [1.82, 2.24) is 4.90 Å². The molecule has 0 radical (unpaired) electrons. The second kappa shape index (κ2) is 9.93. The molecule has 4 rings (SSSR count). The SMILES string of the molecule is Cc1ccc(C)c(NC(=O)c2ccc(NC3=C(Cl)C(=O)N(CCc4ccccc4)C3=O)cc2)c1. The van der Waals surface area contributed by atoms with Gasteiger partial charge in [-0.05, 0) is 67.3 Å². The minimum atomic E-state index is -0.519. The first-order chi connectivity index (χ1) is 16.3. The first-order valence-electron chi connectivity index (χ1n) is 10.9. The number of nitrogens with zero attached hydrogens (tertiary/aromatic N) is 1. The maximum atomic E-state index is 12.8. The van der Waals surface area contributed by atoms with Gasteiger partial charge in [-0.1, -0.05) is 54.1 Å². The lowest BCUT2D eigenvalue weighted by molar-refractivity contribution is -0.137. The number of halogens is 1. The summed E-state index contributed by atoms with van der Waals surface area (Å²) in [7, 11) is 0. The molecule has 2 N–H and O–H groups in total. The molecule has 0 bridgehead atoms. The Hall–Kier alpha value is -3.90. The van der Waals surface area contributed by atoms with Gasteiger partial charge in [-0.25, -0.2) is 0 Å². The molecule has 1 aliphatic rings. The number of hydrogen-bond donors (Lipinski definition) is 2. The van der Waals surface area contributed by atoms with Crippen molar-refractivity contribution in [3.63, 3.8) is 0 Å². The molecule has 0 saturated heterocycles. The normalized spacial score (nSPS) is 13.4. The average molecular weight is 474 g/mol. The van der Waals surface area contributed by atoms with Gasteiger partial charge in [-0.3, -0.25) is 19.3 Å². The van der Waals surface area contributed by atoms with Crippen LogP contribution in [0.5, 0.6) is 0 Å². The van der Waals surface area contributed by atoms with Crippen molar-refractivity contribution in [3.05, 3.63) is 106 Å². The number of carbonyl (C=O) groups is 3. The molecule has 6 nitrogen and oxygen atoms in total. The molecule has 0 aliphatic carbocycles. The number of amides is 3. The van der Waals surface area contributed by atoms with E-state index >= 15 is 0 Å². The number of aryl methyl sites for hydroxylation is 2. The molecule has 0 aromatic heterocycles. The van der Waals surface area contributed by atoms with Crippen LogP contribution in [0.15, 0.2) is 83.5 Å². The lowest BCUT2D eigenvalue weighted by atomic mass is 10.1. The van der Waals surface area contributed by atoms with E-state index in [1.807, 2.05) is 62.4 Å². The van der Waals surface area contributed by atoms with E-state index in [2.05, 4.69) is 10.6 Å². The largest absolute Gasteiger partial charge is 0.350 e. The van der Waals surface area contributed by atoms with Crippen LogP contribution < -0.4 is 10.6 Å². The lowest BCUT2D eigenvalue weighted by Gasteiger charge is -2.15. The van der Waals surface area contributed by atoms with Crippen LogP contribution in [0.1, 0.15) is 27.0 Å². The predicted molar refractivity (Wildman–Crippen MR) is 134 cm³/mol. The minimum absolute atomic E-state index is 0.0346. The second-order valence-corrected chi connectivity index (χ2v) is 8.54. The standard InChI is InChI=1S/C27H24ClN3O3/c1-17-8-9-18(2)22(16-17)30-25(32)20-10-12-21(13-11-20)29-24-23(28)26(33)31(27(24)34)15-14-19-6-4-3-5-7-19/h3-13,16,29H,14-15H2,1-2H3,(H,30,32). The summed E-state index contributed by atoms with van der Waals surface area (Å²) in [6.07, 6.45) is 0.542. The summed E-state index contributed by atoms with van der Waals surface area (Å²) in [4.78, 5) is 39.1. The van der Waals surface area contributed by atoms with Crippen LogP contribution >= 0.6 is 11.6 Å². The summed E-state index contributed by atoms with van der Waals surface area (Å²) >= 11 is 6.19. The Morgan fingerprint density at radius 2 is 1.62 bits per heavy atom. The van der Waals surface area contributed by atoms with Gasteiger partial charge < -0.3 is 10.6 Å². The molecule has 1 aliphatic heterocycles. The number of rotatable bonds is 7. The second-order valence-electron chi connectivity index (χ2n) is 8.16. The van der Waals surface area contributed by atoms with E-state index in [0.29, 0.717) is 17.7 Å². The maximum absolute atomic E-state index is 12.8. The molecule has 3 aromatic rings. The molecule has 0 fully saturated rings. The lowest BCUT2D eigenvalue weighted by Crippen LogP contribution is -2.34. The van der Waals surface area contributed by atoms with Crippen molar-refractivity contribution in [2.45, 2.75) is 20.3 Å². The van der Waals surface area contributed by atoms with Crippen molar-refractivity contribution in [2.75, 3.05) is 17.2 Å². The average Bonchev–Trinajstić information content (AvgIpc) is 3.04. The maximum Gasteiger partial charge on any atom is 0.278 e. The van der Waals surface area contributed by atoms with Gasteiger partial charge in [0.2, 0.25) is 0 Å². The van der Waals surface area contributed by atoms with E-state index in [0.717, 1.165) is 27.3 Å². The Balaban J connectivity index is 1.41. The number of benzene rings is 3. The third kappa shape index (κ3) is 5.02. The highest BCUT2D eigenvalue weighted by molar-refractivity contribution is 6.48. The molecule has 3 aromatic carbocycles. The minimum Gasteiger partial charge on any atom is -0.350 e. The van der Waals surface area contributed by atoms with Crippen LogP contribution in [-0.2, 0) is 16.0 Å². The summed E-state index contributed by atoms with van der Waals surface area (Å²) in [5.41, 5.74) is 4.85. The fourth-order valence-electron chi connectivity index (χ4n) is 3.66. The smallest absolute Gasteiger partial charge is 0.278 e. The van der Waals surface area contributed by atoms with Crippen LogP contribution in [0.2, 0.25) is 0 Å². The van der Waals surface area contributed by atoms with Gasteiger partial charge in [0, 0.05) is 23.5 Å². The summed E-state index contributed by atoms with van der Waals surface area (Å²) in [6, 6.07) is 22.1. The molecule has 0 unspecified atom stereocenters. The number of nitrogens with one attached hydrogen (secondary N) is 2. The zero-order valence-electron chi connectivity index (χ0n) is 18.9. The van der Waals surface area contributed by atoms with Crippen molar-refractivity contribution < 1.29 is 14.4 Å². The van der Waals surface area contributed by atoms with Gasteiger partial charge in [0.15, 0.2) is 0 Å². The fourth-order valence-corrected chi connectivity index (χ4v) is 3.89. The van der Waals surface area contributed by atoms with Gasteiger partial charge in [-0.2, -0.15) is 0 Å². The van der Waals surface area contributed by atoms with E-state index in [1.54, 1.807) is 24.3 Å². The molecule has 1 heterocycles. The Kier molecular flexibility index (Phi) is 6.80. The van der Waals surface area contributed by atoms with Crippen molar-refractivity contribution in [1.29, 1.82) is 0 Å². The van der Waals surface area contributed by atoms with E-state index in [1.165, 1.54) is 0 Å². The van der Waals surface area contributed by atoms with Crippen LogP contribution in [-0.4, -0.2) is 29.2 Å². The molecule has 3 amide bonds. The molecule has 0 spiro atoms. The Labute approximate surface area is 203 Å². The van der Waals surface area contributed by atoms with Crippen molar-refractivity contribution in [3.8, 4) is 0 Å². The predicted octanol–water partition coefficient (Wildman–Crippen LogP) is 5.03. The first-order valence-corrected chi connectivity index (χ1v) is 11.3. The van der Waals surface area contributed by atoms with Gasteiger partial charge in [0.25, 0.3) is 17.7 Å². The van der Waals surface area contributed by atoms with Crippen molar-refractivity contribution in [2.24, 2.45) is 0 Å². The number of hydrogen-bond acceptors (Lipinski definition) is 4. The highest BCUT2D eigenvalue weighted by atomic mass is 35.5. The summed E-state index contributed by atoms with van der Waals surface area (Å²) in [6.45, 7) is 4.14. The third-order valence-electron chi connectivity index (χ3n) is 5.64. The molecular weight excluding hydrogens is 450 g/mol. The monoisotopic (exact) mass is 473 g/mol. The van der Waals surface area contributed by atoms with Crippen LogP contribution in [0, 0.1) is 13.8 Å². The topological polar surface area (TPSA) is 78.5 Å². The van der Waals surface area contributed by atoms with Crippen LogP contribution in [0.4, 0.5) is 11.4 Å². The Morgan fingerprint density at radius 3 is 2.32 bits per heavy atom. The molecule has 0 saturated carbocycles. The molecule has 34 heavy (non-hydrogen) atoms. The molecular formula is C27H24ClN3O3. The van der Waals surface area contributed by atoms with Gasteiger partial charge >= 0.3 is 0 Å². The van der Waals surface area contributed by atoms with E-state index in [-0.39, 0.29) is 23.2 Å². The number of carbonyl (C=O) groups excluding carboxylic acids is 3. The fraction of sp³-hybridized carbons (Fsp3) is 0.148. The van der Waals surface area contributed by atoms with Gasteiger partial charge in [0.05, 0.1) is 0 Å². The zero-order valence-corrected chi connectivity index (χ0v) is 19.6. The highest BCUT2D eigenvalue weighted by Crippen LogP contribution is 2.26. The highest BCUT2D eigenvalue weighted by Gasteiger charge is 2.37. The summed E-state index contributed by atoms with van der Waals surface area (Å²) in [5, 5.41) is 5.71. The summed E-state index contributed by atoms with van der Waals surface area (Å²) in [5.74, 6) is -1.23. The van der Waals surface area contributed by atoms with Gasteiger partial charge in [-0.15, -0.1) is 0 Å². The summed E-state index contributed by atoms with van der Waals surface area (Å²) < 4.78 is 0. The van der Waals surface area contributed by atoms with E-state index in [4.69, 9.17) is 11.6 Å². The van der Waals surface area contributed by atoms with Crippen LogP contribution in [0.3, 0.4) is 0 Å². The van der Waals surface area contributed by atoms with E-state index < -0.39 is 11.8 Å². The van der Waals surface area contributed by atoms with Crippen LogP contribution in [0.25, 0.3) is 0 Å². The zero-order chi connectivity index (χ0) is 24.2. The Morgan fingerprint density at radius 1 is 0.912 bits per heavy atom. The number of anilines is 2. The first kappa shape index (κ1) is 23.3. The third-order valence-corrected chi connectivity index (χ3v) is 5.99. The van der Waals surface area contributed by atoms with Crippen molar-refractivity contribution >= 4 is 40.7 Å².